The number of nitrogens with two attached hydrogens (primary N) is 1. The van der Waals surface area contributed by atoms with Crippen LogP contribution in [0, 0.1) is 6.92 Å². The number of ether oxygens (including phenoxy) is 3. The summed E-state index contributed by atoms with van der Waals surface area (Å²) in [5, 5.41) is 3.15. The summed E-state index contributed by atoms with van der Waals surface area (Å²) in [6.07, 6.45) is 0. The zero-order valence-corrected chi connectivity index (χ0v) is 17.9. The standard InChI is InChI=1S/C23H29N3O5/c1-16-3-5-17(6-4-16)19(14-26-9-11-30-12-10-26)25-23(28)18-7-8-20(21(13-18)29-2)31-15-22(24)27/h3-8,13,19H,9-12,14-15H2,1-2H3,(H2,24,27)(H,25,28)/t19-/m0/s1. The van der Waals surface area contributed by atoms with Crippen molar-refractivity contribution in [3.8, 4) is 11.5 Å². The van der Waals surface area contributed by atoms with Gasteiger partial charge in [-0.1, -0.05) is 29.8 Å². The van der Waals surface area contributed by atoms with E-state index in [4.69, 9.17) is 19.9 Å². The molecule has 0 saturated carbocycles. The Morgan fingerprint density at radius 1 is 1.13 bits per heavy atom. The van der Waals surface area contributed by atoms with E-state index in [2.05, 4.69) is 10.2 Å². The third-order valence-electron chi connectivity index (χ3n) is 5.13. The Morgan fingerprint density at radius 2 is 1.84 bits per heavy atom. The number of primary amides is 1. The number of nitrogens with one attached hydrogen (secondary N) is 1. The lowest BCUT2D eigenvalue weighted by molar-refractivity contribution is -0.119. The summed E-state index contributed by atoms with van der Waals surface area (Å²) in [4.78, 5) is 26.3. The van der Waals surface area contributed by atoms with E-state index < -0.39 is 5.91 Å². The molecule has 3 N–H and O–H groups in total. The van der Waals surface area contributed by atoms with Crippen molar-refractivity contribution in [1.82, 2.24) is 10.2 Å². The van der Waals surface area contributed by atoms with Crippen molar-refractivity contribution >= 4 is 11.8 Å². The molecule has 0 unspecified atom stereocenters. The summed E-state index contributed by atoms with van der Waals surface area (Å²) < 4.78 is 16.1. The molecule has 8 nitrogen and oxygen atoms in total. The van der Waals surface area contributed by atoms with Crippen LogP contribution >= 0.6 is 0 Å². The molecular formula is C23H29N3O5. The molecule has 0 radical (unpaired) electrons. The number of carbonyl (C=O) groups excluding carboxylic acids is 2. The third-order valence-corrected chi connectivity index (χ3v) is 5.13. The molecule has 0 aromatic heterocycles. The first-order valence-corrected chi connectivity index (χ1v) is 10.2. The van der Waals surface area contributed by atoms with Crippen molar-refractivity contribution in [2.75, 3.05) is 46.6 Å². The number of aryl methyl sites for hydroxylation is 1. The van der Waals surface area contributed by atoms with E-state index in [0.717, 1.165) is 24.2 Å². The zero-order valence-electron chi connectivity index (χ0n) is 17.9. The lowest BCUT2D eigenvalue weighted by atomic mass is 10.0. The molecule has 0 bridgehead atoms. The molecule has 31 heavy (non-hydrogen) atoms. The molecule has 2 aromatic carbocycles. The van der Waals surface area contributed by atoms with Crippen molar-refractivity contribution in [3.63, 3.8) is 0 Å². The Bertz CT molecular complexity index is 895. The first-order chi connectivity index (χ1) is 15.0. The maximum absolute atomic E-state index is 13.1. The van der Waals surface area contributed by atoms with Gasteiger partial charge in [0.1, 0.15) is 0 Å². The van der Waals surface area contributed by atoms with Crippen LogP contribution in [-0.4, -0.2) is 63.3 Å². The molecule has 8 heteroatoms. The van der Waals surface area contributed by atoms with Gasteiger partial charge in [0, 0.05) is 25.2 Å². The van der Waals surface area contributed by atoms with Gasteiger partial charge in [0.25, 0.3) is 11.8 Å². The van der Waals surface area contributed by atoms with Gasteiger partial charge in [0.2, 0.25) is 0 Å². The summed E-state index contributed by atoms with van der Waals surface area (Å²) in [5.41, 5.74) is 7.76. The number of rotatable bonds is 9. The number of nitrogens with zero attached hydrogens (tertiary/aromatic N) is 1. The molecule has 1 atom stereocenters. The summed E-state index contributed by atoms with van der Waals surface area (Å²) in [6.45, 7) is 5.51. The van der Waals surface area contributed by atoms with E-state index in [0.29, 0.717) is 36.8 Å². The second-order valence-corrected chi connectivity index (χ2v) is 7.47. The predicted molar refractivity (Wildman–Crippen MR) is 116 cm³/mol. The SMILES string of the molecule is COc1cc(C(=O)N[C@@H](CN2CCOCC2)c2ccc(C)cc2)ccc1OCC(N)=O. The minimum atomic E-state index is -0.590. The van der Waals surface area contributed by atoms with E-state index in [-0.39, 0.29) is 18.6 Å². The minimum absolute atomic E-state index is 0.178. The maximum Gasteiger partial charge on any atom is 0.255 e. The van der Waals surface area contributed by atoms with Crippen LogP contribution < -0.4 is 20.5 Å². The Kier molecular flexibility index (Phi) is 7.86. The quantitative estimate of drug-likeness (QED) is 0.631. The van der Waals surface area contributed by atoms with Crippen LogP contribution in [0.25, 0.3) is 0 Å². The topological polar surface area (TPSA) is 103 Å². The summed E-state index contributed by atoms with van der Waals surface area (Å²) in [6, 6.07) is 12.8. The Labute approximate surface area is 182 Å². The number of methoxy groups -OCH3 is 1. The molecule has 3 rings (SSSR count). The van der Waals surface area contributed by atoms with Crippen LogP contribution in [0.4, 0.5) is 0 Å². The van der Waals surface area contributed by atoms with Crippen molar-refractivity contribution in [1.29, 1.82) is 0 Å². The van der Waals surface area contributed by atoms with Crippen LogP contribution in [0.3, 0.4) is 0 Å². The van der Waals surface area contributed by atoms with Gasteiger partial charge in [-0.05, 0) is 30.7 Å². The van der Waals surface area contributed by atoms with Crippen LogP contribution in [0.5, 0.6) is 11.5 Å². The molecule has 1 heterocycles. The fraction of sp³-hybridized carbons (Fsp3) is 0.391. The van der Waals surface area contributed by atoms with Gasteiger partial charge in [-0.3, -0.25) is 14.5 Å². The van der Waals surface area contributed by atoms with Gasteiger partial charge in [0.15, 0.2) is 18.1 Å². The average Bonchev–Trinajstić information content (AvgIpc) is 2.78. The normalized spacial score (nSPS) is 15.2. The number of hydrogen-bond donors (Lipinski definition) is 2. The van der Waals surface area contributed by atoms with Gasteiger partial charge in [-0.2, -0.15) is 0 Å². The van der Waals surface area contributed by atoms with Crippen molar-refractivity contribution in [3.05, 3.63) is 59.2 Å². The number of morpholine rings is 1. The lowest BCUT2D eigenvalue weighted by Gasteiger charge is -2.31. The summed E-state index contributed by atoms with van der Waals surface area (Å²) >= 11 is 0. The van der Waals surface area contributed by atoms with E-state index in [1.807, 2.05) is 31.2 Å². The summed E-state index contributed by atoms with van der Waals surface area (Å²) in [7, 11) is 1.47. The van der Waals surface area contributed by atoms with E-state index in [9.17, 15) is 9.59 Å². The first kappa shape index (κ1) is 22.6. The Balaban J connectivity index is 1.77. The second kappa shape index (κ2) is 10.8. The highest BCUT2D eigenvalue weighted by Gasteiger charge is 2.21. The molecule has 1 fully saturated rings. The molecule has 0 aliphatic carbocycles. The van der Waals surface area contributed by atoms with Gasteiger partial charge < -0.3 is 25.3 Å². The van der Waals surface area contributed by atoms with E-state index in [1.165, 1.54) is 7.11 Å². The second-order valence-electron chi connectivity index (χ2n) is 7.47. The molecule has 1 aliphatic rings. The number of amides is 2. The molecular weight excluding hydrogens is 398 g/mol. The Morgan fingerprint density at radius 3 is 2.48 bits per heavy atom. The summed E-state index contributed by atoms with van der Waals surface area (Å²) in [5.74, 6) is -0.110. The van der Waals surface area contributed by atoms with Crippen molar-refractivity contribution in [2.24, 2.45) is 5.73 Å². The molecule has 2 amide bonds. The monoisotopic (exact) mass is 427 g/mol. The maximum atomic E-state index is 13.1. The average molecular weight is 428 g/mol. The van der Waals surface area contributed by atoms with Crippen LogP contribution in [0.1, 0.15) is 27.5 Å². The zero-order chi connectivity index (χ0) is 22.2. The Hall–Kier alpha value is -3.10. The number of benzene rings is 2. The number of hydrogen-bond acceptors (Lipinski definition) is 6. The smallest absolute Gasteiger partial charge is 0.255 e. The van der Waals surface area contributed by atoms with Crippen LogP contribution in [-0.2, 0) is 9.53 Å². The fourth-order valence-corrected chi connectivity index (χ4v) is 3.39. The van der Waals surface area contributed by atoms with Crippen molar-refractivity contribution < 1.29 is 23.8 Å². The highest BCUT2D eigenvalue weighted by Crippen LogP contribution is 2.28. The largest absolute Gasteiger partial charge is 0.493 e. The van der Waals surface area contributed by atoms with E-state index >= 15 is 0 Å². The van der Waals surface area contributed by atoms with Crippen LogP contribution in [0.15, 0.2) is 42.5 Å². The van der Waals surface area contributed by atoms with Crippen LogP contribution in [0.2, 0.25) is 0 Å². The third kappa shape index (κ3) is 6.44. The van der Waals surface area contributed by atoms with Gasteiger partial charge in [-0.25, -0.2) is 0 Å². The molecule has 2 aromatic rings. The number of carbonyl (C=O) groups is 2. The molecule has 1 saturated heterocycles. The van der Waals surface area contributed by atoms with Gasteiger partial charge >= 0.3 is 0 Å². The predicted octanol–water partition coefficient (Wildman–Crippen LogP) is 1.67. The van der Waals surface area contributed by atoms with Gasteiger partial charge in [0.05, 0.1) is 26.4 Å². The molecule has 0 spiro atoms. The highest BCUT2D eigenvalue weighted by molar-refractivity contribution is 5.95. The van der Waals surface area contributed by atoms with Crippen molar-refractivity contribution in [2.45, 2.75) is 13.0 Å². The lowest BCUT2D eigenvalue weighted by Crippen LogP contribution is -2.43. The minimum Gasteiger partial charge on any atom is -0.493 e. The first-order valence-electron chi connectivity index (χ1n) is 10.2. The highest BCUT2D eigenvalue weighted by atomic mass is 16.5. The molecule has 1 aliphatic heterocycles. The van der Waals surface area contributed by atoms with E-state index in [1.54, 1.807) is 18.2 Å². The molecule has 166 valence electrons. The fourth-order valence-electron chi connectivity index (χ4n) is 3.39. The van der Waals surface area contributed by atoms with Gasteiger partial charge in [-0.15, -0.1) is 0 Å².